The average Bonchev–Trinajstić information content (AvgIpc) is 2.81. The normalized spacial score (nSPS) is 11.8. The molecule has 0 bridgehead atoms. The van der Waals surface area contributed by atoms with Crippen LogP contribution in [0.15, 0.2) is 60.7 Å². The summed E-state index contributed by atoms with van der Waals surface area (Å²) in [5.74, 6) is 0.540. The first-order valence-corrected chi connectivity index (χ1v) is 12.6. The molecule has 34 heavy (non-hydrogen) atoms. The van der Waals surface area contributed by atoms with Crippen LogP contribution in [-0.4, -0.2) is 17.5 Å². The Morgan fingerprint density at radius 3 is 1.74 bits per heavy atom. The first kappa shape index (κ1) is 27.5. The Kier molecular flexibility index (Phi) is 10.7. The second-order valence-corrected chi connectivity index (χ2v) is 10.6. The van der Waals surface area contributed by atoms with Crippen molar-refractivity contribution in [3.05, 3.63) is 66.2 Å². The number of anilines is 1. The summed E-state index contributed by atoms with van der Waals surface area (Å²) in [6, 6.07) is 19.3. The molecule has 0 aliphatic rings. The van der Waals surface area contributed by atoms with Crippen LogP contribution in [0.1, 0.15) is 84.6 Å². The monoisotopic (exact) mass is 463 g/mol. The highest BCUT2D eigenvalue weighted by atomic mass is 16.2. The number of benzene rings is 2. The van der Waals surface area contributed by atoms with Gasteiger partial charge in [-0.3, -0.25) is 14.4 Å². The van der Waals surface area contributed by atoms with Crippen LogP contribution >= 0.6 is 0 Å². The van der Waals surface area contributed by atoms with Gasteiger partial charge in [0.2, 0.25) is 5.91 Å². The van der Waals surface area contributed by atoms with Crippen molar-refractivity contribution < 1.29 is 14.4 Å². The van der Waals surface area contributed by atoms with Gasteiger partial charge in [0.25, 0.3) is 0 Å². The van der Waals surface area contributed by atoms with E-state index in [2.05, 4.69) is 5.32 Å². The second-order valence-electron chi connectivity index (χ2n) is 10.6. The zero-order chi connectivity index (χ0) is 25.0. The Morgan fingerprint density at radius 2 is 1.18 bits per heavy atom. The lowest BCUT2D eigenvalue weighted by Crippen LogP contribution is -2.30. The number of rotatable bonds is 15. The summed E-state index contributed by atoms with van der Waals surface area (Å²) in [5, 5.41) is 2.97. The van der Waals surface area contributed by atoms with Crippen molar-refractivity contribution in [1.29, 1.82) is 0 Å². The highest BCUT2D eigenvalue weighted by molar-refractivity contribution is 5.94. The molecule has 2 aromatic carbocycles. The summed E-state index contributed by atoms with van der Waals surface area (Å²) in [6.07, 6.45) is 6.51. The Balaban J connectivity index is 1.60. The Labute approximate surface area is 205 Å². The standard InChI is InChI=1S/C30H41NO3/c1-29(2,27(33)23-24-15-7-5-8-16-24)21-13-11-19-26(32)20-12-14-22-30(3,4)28(34)31-25-17-9-6-10-18-25/h5-10,15-18H,11-14,19-23H2,1-4H3,(H,31,34). The van der Waals surface area contributed by atoms with E-state index in [-0.39, 0.29) is 22.9 Å². The van der Waals surface area contributed by atoms with E-state index in [4.69, 9.17) is 0 Å². The maximum atomic E-state index is 12.7. The van der Waals surface area contributed by atoms with E-state index in [0.29, 0.717) is 19.3 Å². The first-order chi connectivity index (χ1) is 16.1. The van der Waals surface area contributed by atoms with Crippen LogP contribution in [0, 0.1) is 10.8 Å². The number of unbranched alkanes of at least 4 members (excludes halogenated alkanes) is 2. The molecule has 0 unspecified atom stereocenters. The minimum Gasteiger partial charge on any atom is -0.326 e. The Bertz CT molecular complexity index is 841. The molecule has 0 saturated heterocycles. The van der Waals surface area contributed by atoms with Crippen LogP contribution in [0.4, 0.5) is 5.69 Å². The topological polar surface area (TPSA) is 63.2 Å². The molecule has 0 spiro atoms. The van der Waals surface area contributed by atoms with Gasteiger partial charge in [-0.2, -0.15) is 0 Å². The van der Waals surface area contributed by atoms with Gasteiger partial charge in [-0.05, 0) is 43.4 Å². The fourth-order valence-corrected chi connectivity index (χ4v) is 4.00. The van der Waals surface area contributed by atoms with Crippen LogP contribution in [0.25, 0.3) is 0 Å². The fraction of sp³-hybridized carbons (Fsp3) is 0.500. The van der Waals surface area contributed by atoms with Gasteiger partial charge in [-0.1, -0.05) is 89.1 Å². The molecular weight excluding hydrogens is 422 g/mol. The molecule has 0 fully saturated rings. The van der Waals surface area contributed by atoms with E-state index in [1.807, 2.05) is 88.4 Å². The van der Waals surface area contributed by atoms with Crippen molar-refractivity contribution in [2.45, 2.75) is 85.5 Å². The van der Waals surface area contributed by atoms with Crippen LogP contribution in [0.5, 0.6) is 0 Å². The number of ketones is 2. The van der Waals surface area contributed by atoms with Gasteiger partial charge in [-0.15, -0.1) is 0 Å². The van der Waals surface area contributed by atoms with Crippen molar-refractivity contribution in [2.24, 2.45) is 10.8 Å². The molecule has 4 nitrogen and oxygen atoms in total. The zero-order valence-corrected chi connectivity index (χ0v) is 21.4. The lowest BCUT2D eigenvalue weighted by Gasteiger charge is -2.23. The van der Waals surface area contributed by atoms with Gasteiger partial charge in [-0.25, -0.2) is 0 Å². The molecule has 0 aliphatic carbocycles. The maximum absolute atomic E-state index is 12.7. The molecule has 184 valence electrons. The smallest absolute Gasteiger partial charge is 0.230 e. The Morgan fingerprint density at radius 1 is 0.676 bits per heavy atom. The number of hydrogen-bond donors (Lipinski definition) is 1. The third kappa shape index (κ3) is 9.62. The Hall–Kier alpha value is -2.75. The van der Waals surface area contributed by atoms with Crippen LogP contribution in [-0.2, 0) is 20.8 Å². The molecule has 0 aliphatic heterocycles. The molecule has 1 N–H and O–H groups in total. The molecule has 0 aromatic heterocycles. The van der Waals surface area contributed by atoms with E-state index in [1.165, 1.54) is 0 Å². The van der Waals surface area contributed by atoms with E-state index in [1.54, 1.807) is 0 Å². The van der Waals surface area contributed by atoms with Gasteiger partial charge in [0, 0.05) is 35.8 Å². The lowest BCUT2D eigenvalue weighted by molar-refractivity contribution is -0.127. The average molecular weight is 464 g/mol. The minimum atomic E-state index is -0.475. The van der Waals surface area contributed by atoms with Gasteiger partial charge < -0.3 is 5.32 Å². The largest absolute Gasteiger partial charge is 0.326 e. The van der Waals surface area contributed by atoms with Crippen molar-refractivity contribution in [2.75, 3.05) is 5.32 Å². The number of carbonyl (C=O) groups excluding carboxylic acids is 3. The van der Waals surface area contributed by atoms with E-state index < -0.39 is 5.41 Å². The number of carbonyl (C=O) groups is 3. The summed E-state index contributed by atoms with van der Waals surface area (Å²) in [6.45, 7) is 7.92. The van der Waals surface area contributed by atoms with Crippen molar-refractivity contribution >= 4 is 23.2 Å². The van der Waals surface area contributed by atoms with E-state index in [0.717, 1.165) is 49.8 Å². The number of amides is 1. The number of hydrogen-bond acceptors (Lipinski definition) is 3. The van der Waals surface area contributed by atoms with Crippen molar-refractivity contribution in [3.63, 3.8) is 0 Å². The molecule has 1 amide bonds. The molecular formula is C30H41NO3. The summed E-state index contributed by atoms with van der Waals surface area (Å²) in [4.78, 5) is 37.5. The van der Waals surface area contributed by atoms with Gasteiger partial charge >= 0.3 is 0 Å². The molecule has 0 atom stereocenters. The first-order valence-electron chi connectivity index (χ1n) is 12.6. The SMILES string of the molecule is CC(C)(CCCCC(=O)CCCCC(C)(C)C(=O)Nc1ccccc1)C(=O)Cc1ccccc1. The third-order valence-electron chi connectivity index (χ3n) is 6.62. The minimum absolute atomic E-state index is 0.00875. The van der Waals surface area contributed by atoms with E-state index >= 15 is 0 Å². The highest BCUT2D eigenvalue weighted by Gasteiger charge is 2.28. The van der Waals surface area contributed by atoms with Crippen LogP contribution in [0.3, 0.4) is 0 Å². The molecule has 0 radical (unpaired) electrons. The predicted molar refractivity (Wildman–Crippen MR) is 140 cm³/mol. The predicted octanol–water partition coefficient (Wildman–Crippen LogP) is 7.18. The van der Waals surface area contributed by atoms with Gasteiger partial charge in [0.05, 0.1) is 0 Å². The number of Topliss-reactive ketones (excluding diaryl/α,β-unsaturated/α-hetero) is 2. The van der Waals surface area contributed by atoms with Gasteiger partial charge in [0.15, 0.2) is 0 Å². The third-order valence-corrected chi connectivity index (χ3v) is 6.62. The molecule has 0 heterocycles. The summed E-state index contributed by atoms with van der Waals surface area (Å²) in [7, 11) is 0. The maximum Gasteiger partial charge on any atom is 0.230 e. The zero-order valence-electron chi connectivity index (χ0n) is 21.4. The van der Waals surface area contributed by atoms with Crippen LogP contribution < -0.4 is 5.32 Å². The van der Waals surface area contributed by atoms with Crippen LogP contribution in [0.2, 0.25) is 0 Å². The summed E-state index contributed by atoms with van der Waals surface area (Å²) >= 11 is 0. The van der Waals surface area contributed by atoms with Crippen molar-refractivity contribution in [1.82, 2.24) is 0 Å². The summed E-state index contributed by atoms with van der Waals surface area (Å²) in [5.41, 5.74) is 1.01. The fourth-order valence-electron chi connectivity index (χ4n) is 4.00. The van der Waals surface area contributed by atoms with Crippen molar-refractivity contribution in [3.8, 4) is 0 Å². The second kappa shape index (κ2) is 13.2. The molecule has 2 aromatic rings. The van der Waals surface area contributed by atoms with Gasteiger partial charge in [0.1, 0.15) is 11.6 Å². The van der Waals surface area contributed by atoms with E-state index in [9.17, 15) is 14.4 Å². The number of para-hydroxylation sites is 1. The summed E-state index contributed by atoms with van der Waals surface area (Å²) < 4.78 is 0. The molecule has 2 rings (SSSR count). The highest BCUT2D eigenvalue weighted by Crippen LogP contribution is 2.28. The molecule has 4 heteroatoms. The quantitative estimate of drug-likeness (QED) is 0.285. The molecule has 0 saturated carbocycles. The lowest BCUT2D eigenvalue weighted by atomic mass is 9.80. The number of nitrogens with one attached hydrogen (secondary N) is 1.